The van der Waals surface area contributed by atoms with Crippen molar-refractivity contribution < 1.29 is 9.69 Å². The average molecular weight is 350 g/mol. The van der Waals surface area contributed by atoms with Crippen LogP contribution in [0.1, 0.15) is 15.9 Å². The molecule has 1 aliphatic rings. The lowest BCUT2D eigenvalue weighted by molar-refractivity contribution is -0.917. The third-order valence-electron chi connectivity index (χ3n) is 4.19. The Morgan fingerprint density at radius 1 is 1.00 bits per heavy atom. The van der Waals surface area contributed by atoms with Crippen LogP contribution in [0.5, 0.6) is 0 Å². The van der Waals surface area contributed by atoms with Crippen molar-refractivity contribution in [3.8, 4) is 0 Å². The van der Waals surface area contributed by atoms with Crippen molar-refractivity contribution in [3.05, 3.63) is 69.7 Å². The molecule has 0 bridgehead atoms. The van der Waals surface area contributed by atoms with E-state index in [4.69, 9.17) is 23.2 Å². The van der Waals surface area contributed by atoms with E-state index in [1.54, 1.807) is 24.3 Å². The molecule has 0 spiro atoms. The predicted octanol–water partition coefficient (Wildman–Crippen LogP) is 2.53. The summed E-state index contributed by atoms with van der Waals surface area (Å²) in [6.45, 7) is 4.40. The van der Waals surface area contributed by atoms with Gasteiger partial charge in [-0.1, -0.05) is 35.3 Å². The molecule has 0 radical (unpaired) electrons. The lowest BCUT2D eigenvalue weighted by Crippen LogP contribution is -3.13. The quantitative estimate of drug-likeness (QED) is 0.904. The van der Waals surface area contributed by atoms with Crippen molar-refractivity contribution in [3.63, 3.8) is 0 Å². The number of carbonyl (C=O) groups excluding carboxylic acids is 1. The van der Waals surface area contributed by atoms with Crippen LogP contribution in [0.2, 0.25) is 10.0 Å². The van der Waals surface area contributed by atoms with Crippen LogP contribution >= 0.6 is 23.2 Å². The summed E-state index contributed by atoms with van der Waals surface area (Å²) < 4.78 is 0. The van der Waals surface area contributed by atoms with Gasteiger partial charge in [0.1, 0.15) is 6.54 Å². The molecule has 1 aliphatic heterocycles. The monoisotopic (exact) mass is 349 g/mol. The zero-order valence-electron chi connectivity index (χ0n) is 12.8. The maximum Gasteiger partial charge on any atom is 0.254 e. The van der Waals surface area contributed by atoms with Gasteiger partial charge < -0.3 is 9.80 Å². The van der Waals surface area contributed by atoms with E-state index in [9.17, 15) is 4.79 Å². The van der Waals surface area contributed by atoms with Crippen molar-refractivity contribution in [1.82, 2.24) is 4.90 Å². The minimum absolute atomic E-state index is 0.0865. The van der Waals surface area contributed by atoms with E-state index in [-0.39, 0.29) is 5.91 Å². The second-order valence-corrected chi connectivity index (χ2v) is 6.73. The number of halogens is 2. The first-order valence-electron chi connectivity index (χ1n) is 7.75. The highest BCUT2D eigenvalue weighted by atomic mass is 35.5. The molecule has 1 N–H and O–H groups in total. The molecule has 2 aromatic rings. The zero-order valence-corrected chi connectivity index (χ0v) is 14.3. The number of piperazine rings is 1. The first kappa shape index (κ1) is 16.3. The summed E-state index contributed by atoms with van der Waals surface area (Å²) in [5.74, 6) is 0.0865. The Hall–Kier alpha value is -1.55. The topological polar surface area (TPSA) is 24.8 Å². The SMILES string of the molecule is O=C(c1ccc(Cl)cc1)N1CC[NH+](Cc2cccc(Cl)c2)CC1. The summed E-state index contributed by atoms with van der Waals surface area (Å²) in [6, 6.07) is 15.1. The molecule has 0 aliphatic carbocycles. The van der Waals surface area contributed by atoms with Crippen LogP contribution in [-0.2, 0) is 6.54 Å². The molecule has 0 saturated carbocycles. The van der Waals surface area contributed by atoms with E-state index in [2.05, 4.69) is 6.07 Å². The van der Waals surface area contributed by atoms with E-state index in [0.29, 0.717) is 10.6 Å². The molecule has 0 aromatic heterocycles. The third-order valence-corrected chi connectivity index (χ3v) is 4.68. The minimum Gasteiger partial charge on any atom is -0.328 e. The summed E-state index contributed by atoms with van der Waals surface area (Å²) in [5, 5.41) is 1.43. The molecule has 1 fully saturated rings. The number of hydrogen-bond acceptors (Lipinski definition) is 1. The first-order valence-corrected chi connectivity index (χ1v) is 8.50. The summed E-state index contributed by atoms with van der Waals surface area (Å²) in [6.07, 6.45) is 0. The van der Waals surface area contributed by atoms with Gasteiger partial charge >= 0.3 is 0 Å². The third kappa shape index (κ3) is 4.25. The molecule has 3 rings (SSSR count). The standard InChI is InChI=1S/C18H18Cl2N2O/c19-16-6-4-15(5-7-16)18(23)22-10-8-21(9-11-22)13-14-2-1-3-17(20)12-14/h1-7,12H,8-11,13H2/p+1. The van der Waals surface area contributed by atoms with Crippen LogP contribution in [0.3, 0.4) is 0 Å². The molecule has 0 unspecified atom stereocenters. The van der Waals surface area contributed by atoms with Crippen molar-refractivity contribution in [2.24, 2.45) is 0 Å². The Labute approximate surface area is 146 Å². The number of nitrogens with one attached hydrogen (secondary N) is 1. The van der Waals surface area contributed by atoms with Crippen LogP contribution in [-0.4, -0.2) is 37.0 Å². The van der Waals surface area contributed by atoms with Gasteiger partial charge in [-0.3, -0.25) is 4.79 Å². The highest BCUT2D eigenvalue weighted by Crippen LogP contribution is 2.12. The molecule has 1 saturated heterocycles. The Morgan fingerprint density at radius 2 is 1.70 bits per heavy atom. The van der Waals surface area contributed by atoms with Crippen molar-refractivity contribution in [2.45, 2.75) is 6.54 Å². The van der Waals surface area contributed by atoms with Crippen LogP contribution in [0.25, 0.3) is 0 Å². The average Bonchev–Trinajstić information content (AvgIpc) is 2.56. The Kier molecular flexibility index (Phi) is 5.21. The molecule has 23 heavy (non-hydrogen) atoms. The maximum atomic E-state index is 12.5. The molecule has 3 nitrogen and oxygen atoms in total. The lowest BCUT2D eigenvalue weighted by Gasteiger charge is -2.32. The smallest absolute Gasteiger partial charge is 0.254 e. The summed E-state index contributed by atoms with van der Waals surface area (Å²) in [7, 11) is 0. The van der Waals surface area contributed by atoms with E-state index in [1.165, 1.54) is 10.5 Å². The fourth-order valence-corrected chi connectivity index (χ4v) is 3.25. The fraction of sp³-hybridized carbons (Fsp3) is 0.278. The Morgan fingerprint density at radius 3 is 2.35 bits per heavy atom. The Bertz CT molecular complexity index is 680. The van der Waals surface area contributed by atoms with E-state index in [0.717, 1.165) is 37.7 Å². The zero-order chi connectivity index (χ0) is 16.2. The summed E-state index contributed by atoms with van der Waals surface area (Å²) >= 11 is 11.9. The van der Waals surface area contributed by atoms with E-state index < -0.39 is 0 Å². The molecule has 5 heteroatoms. The van der Waals surface area contributed by atoms with Crippen molar-refractivity contribution in [1.29, 1.82) is 0 Å². The molecule has 1 heterocycles. The molecule has 120 valence electrons. The molecule has 1 amide bonds. The number of carbonyl (C=O) groups is 1. The lowest BCUT2D eigenvalue weighted by atomic mass is 10.1. The van der Waals surface area contributed by atoms with Gasteiger partial charge in [0.15, 0.2) is 0 Å². The van der Waals surface area contributed by atoms with Crippen molar-refractivity contribution >= 4 is 29.1 Å². The molecular weight excluding hydrogens is 331 g/mol. The van der Waals surface area contributed by atoms with Crippen molar-refractivity contribution in [2.75, 3.05) is 26.2 Å². The number of benzene rings is 2. The summed E-state index contributed by atoms with van der Waals surface area (Å²) in [5.41, 5.74) is 1.94. The largest absolute Gasteiger partial charge is 0.328 e. The predicted molar refractivity (Wildman–Crippen MR) is 93.2 cm³/mol. The second-order valence-electron chi connectivity index (χ2n) is 5.86. The van der Waals surface area contributed by atoms with Crippen LogP contribution in [0.4, 0.5) is 0 Å². The van der Waals surface area contributed by atoms with Crippen LogP contribution in [0, 0.1) is 0 Å². The number of hydrogen-bond donors (Lipinski definition) is 1. The Balaban J connectivity index is 1.55. The van der Waals surface area contributed by atoms with Gasteiger partial charge in [-0.05, 0) is 36.4 Å². The van der Waals surface area contributed by atoms with Gasteiger partial charge in [0.05, 0.1) is 26.2 Å². The van der Waals surface area contributed by atoms with Gasteiger partial charge in [0.2, 0.25) is 0 Å². The van der Waals surface area contributed by atoms with E-state index in [1.807, 2.05) is 23.1 Å². The normalized spacial score (nSPS) is 15.7. The van der Waals surface area contributed by atoms with Gasteiger partial charge in [0, 0.05) is 21.2 Å². The van der Waals surface area contributed by atoms with Crippen LogP contribution in [0.15, 0.2) is 48.5 Å². The minimum atomic E-state index is 0.0865. The van der Waals surface area contributed by atoms with Gasteiger partial charge in [0.25, 0.3) is 5.91 Å². The second kappa shape index (κ2) is 7.35. The van der Waals surface area contributed by atoms with Gasteiger partial charge in [-0.25, -0.2) is 0 Å². The fourth-order valence-electron chi connectivity index (χ4n) is 2.91. The van der Waals surface area contributed by atoms with Crippen LogP contribution < -0.4 is 4.90 Å². The number of amides is 1. The number of nitrogens with zero attached hydrogens (tertiary/aromatic N) is 1. The van der Waals surface area contributed by atoms with Gasteiger partial charge in [-0.15, -0.1) is 0 Å². The molecular formula is C18H19Cl2N2O+. The van der Waals surface area contributed by atoms with E-state index >= 15 is 0 Å². The maximum absolute atomic E-state index is 12.5. The van der Waals surface area contributed by atoms with Gasteiger partial charge in [-0.2, -0.15) is 0 Å². The first-order chi connectivity index (χ1) is 11.1. The highest BCUT2D eigenvalue weighted by molar-refractivity contribution is 6.30. The molecule has 2 aromatic carbocycles. The highest BCUT2D eigenvalue weighted by Gasteiger charge is 2.24. The summed E-state index contributed by atoms with van der Waals surface area (Å²) in [4.78, 5) is 15.9. The number of quaternary nitrogens is 1. The number of rotatable bonds is 3. The molecule has 0 atom stereocenters.